The second kappa shape index (κ2) is 6.66. The topological polar surface area (TPSA) is 70.7 Å². The van der Waals surface area contributed by atoms with Crippen molar-refractivity contribution < 1.29 is 4.79 Å². The zero-order valence-electron chi connectivity index (χ0n) is 13.0. The number of fused-ring (bicyclic) bond motifs is 1. The maximum absolute atomic E-state index is 12.4. The summed E-state index contributed by atoms with van der Waals surface area (Å²) >= 11 is 7.45. The van der Waals surface area contributed by atoms with E-state index >= 15 is 0 Å². The third-order valence-electron chi connectivity index (χ3n) is 3.79. The van der Waals surface area contributed by atoms with Gasteiger partial charge in [0, 0.05) is 39.4 Å². The van der Waals surface area contributed by atoms with E-state index in [2.05, 4.69) is 20.3 Å². The van der Waals surface area contributed by atoms with Gasteiger partial charge in [0.05, 0.1) is 23.8 Å². The number of hydrogen-bond acceptors (Lipinski definition) is 4. The number of H-pyrrole nitrogens is 1. The molecule has 0 aliphatic heterocycles. The first kappa shape index (κ1) is 15.8. The van der Waals surface area contributed by atoms with Crippen LogP contribution in [0.3, 0.4) is 0 Å². The van der Waals surface area contributed by atoms with Gasteiger partial charge in [-0.15, -0.1) is 11.3 Å². The minimum atomic E-state index is -0.154. The van der Waals surface area contributed by atoms with Crippen molar-refractivity contribution in [3.8, 4) is 10.6 Å². The SMILES string of the molecule is O=C(NCc1cnc(-c2ccc(Cl)cc2)s1)c1cncc2[nH]ccc12. The molecule has 4 aromatic rings. The van der Waals surface area contributed by atoms with Gasteiger partial charge in [-0.1, -0.05) is 23.7 Å². The quantitative estimate of drug-likeness (QED) is 0.565. The van der Waals surface area contributed by atoms with Gasteiger partial charge in [-0.2, -0.15) is 0 Å². The summed E-state index contributed by atoms with van der Waals surface area (Å²) < 4.78 is 0. The summed E-state index contributed by atoms with van der Waals surface area (Å²) in [6.07, 6.45) is 6.86. The fourth-order valence-corrected chi connectivity index (χ4v) is 3.52. The average molecular weight is 369 g/mol. The lowest BCUT2D eigenvalue weighted by molar-refractivity contribution is 0.0952. The number of hydrogen-bond donors (Lipinski definition) is 2. The molecule has 0 aliphatic carbocycles. The number of benzene rings is 1. The van der Waals surface area contributed by atoms with E-state index in [9.17, 15) is 4.79 Å². The summed E-state index contributed by atoms with van der Waals surface area (Å²) in [5, 5.41) is 5.38. The van der Waals surface area contributed by atoms with Crippen molar-refractivity contribution in [1.82, 2.24) is 20.3 Å². The van der Waals surface area contributed by atoms with Crippen LogP contribution in [0.25, 0.3) is 21.5 Å². The normalized spacial score (nSPS) is 10.9. The molecule has 5 nitrogen and oxygen atoms in total. The van der Waals surface area contributed by atoms with E-state index < -0.39 is 0 Å². The number of rotatable bonds is 4. The first-order chi connectivity index (χ1) is 12.2. The predicted octanol–water partition coefficient (Wildman–Crippen LogP) is 4.27. The van der Waals surface area contributed by atoms with Gasteiger partial charge in [-0.25, -0.2) is 4.98 Å². The highest BCUT2D eigenvalue weighted by Crippen LogP contribution is 2.26. The predicted molar refractivity (Wildman–Crippen MR) is 99.8 cm³/mol. The Morgan fingerprint density at radius 2 is 2.00 bits per heavy atom. The highest BCUT2D eigenvalue weighted by atomic mass is 35.5. The largest absolute Gasteiger partial charge is 0.360 e. The number of nitrogens with one attached hydrogen (secondary N) is 2. The van der Waals surface area contributed by atoms with Crippen molar-refractivity contribution in [1.29, 1.82) is 0 Å². The molecular weight excluding hydrogens is 356 g/mol. The Morgan fingerprint density at radius 1 is 1.16 bits per heavy atom. The number of nitrogens with zero attached hydrogens (tertiary/aromatic N) is 2. The van der Waals surface area contributed by atoms with E-state index in [4.69, 9.17) is 11.6 Å². The van der Waals surface area contributed by atoms with Crippen molar-refractivity contribution in [3.05, 3.63) is 70.6 Å². The van der Waals surface area contributed by atoms with Gasteiger partial charge in [0.15, 0.2) is 0 Å². The third-order valence-corrected chi connectivity index (χ3v) is 5.09. The number of pyridine rings is 1. The lowest BCUT2D eigenvalue weighted by Gasteiger charge is -2.04. The molecule has 0 fully saturated rings. The summed E-state index contributed by atoms with van der Waals surface area (Å²) in [5.41, 5.74) is 2.41. The van der Waals surface area contributed by atoms with Crippen LogP contribution in [-0.2, 0) is 6.54 Å². The van der Waals surface area contributed by atoms with E-state index in [0.29, 0.717) is 17.1 Å². The molecule has 25 heavy (non-hydrogen) atoms. The lowest BCUT2D eigenvalue weighted by Crippen LogP contribution is -2.22. The van der Waals surface area contributed by atoms with Crippen LogP contribution in [0.2, 0.25) is 5.02 Å². The highest BCUT2D eigenvalue weighted by Gasteiger charge is 2.12. The third kappa shape index (κ3) is 3.26. The van der Waals surface area contributed by atoms with Crippen LogP contribution >= 0.6 is 22.9 Å². The van der Waals surface area contributed by atoms with E-state index in [1.54, 1.807) is 36.1 Å². The minimum absolute atomic E-state index is 0.154. The number of carbonyl (C=O) groups is 1. The Balaban J connectivity index is 1.47. The Morgan fingerprint density at radius 3 is 2.84 bits per heavy atom. The maximum atomic E-state index is 12.4. The fourth-order valence-electron chi connectivity index (χ4n) is 2.54. The Kier molecular flexibility index (Phi) is 4.21. The highest BCUT2D eigenvalue weighted by molar-refractivity contribution is 7.15. The zero-order valence-corrected chi connectivity index (χ0v) is 14.6. The standard InChI is InChI=1S/C18H13ClN4OS/c19-12-3-1-11(2-4-12)18-23-8-13(25-18)7-22-17(24)15-9-20-10-16-14(15)5-6-21-16/h1-6,8-10,21H,7H2,(H,22,24). The summed E-state index contributed by atoms with van der Waals surface area (Å²) in [4.78, 5) is 25.0. The molecule has 124 valence electrons. The van der Waals surface area contributed by atoms with Crippen molar-refractivity contribution in [2.45, 2.75) is 6.54 Å². The van der Waals surface area contributed by atoms with Gasteiger partial charge in [-0.3, -0.25) is 9.78 Å². The van der Waals surface area contributed by atoms with Gasteiger partial charge >= 0.3 is 0 Å². The molecule has 7 heteroatoms. The van der Waals surface area contributed by atoms with Crippen LogP contribution in [0.5, 0.6) is 0 Å². The van der Waals surface area contributed by atoms with E-state index in [0.717, 1.165) is 26.4 Å². The second-order valence-electron chi connectivity index (χ2n) is 5.45. The van der Waals surface area contributed by atoms with Gasteiger partial charge < -0.3 is 10.3 Å². The molecule has 3 heterocycles. The van der Waals surface area contributed by atoms with E-state index in [-0.39, 0.29) is 5.91 Å². The Labute approximate surface area is 152 Å². The molecule has 4 rings (SSSR count). The number of aromatic amines is 1. The van der Waals surface area contributed by atoms with Gasteiger partial charge in [0.2, 0.25) is 0 Å². The smallest absolute Gasteiger partial charge is 0.253 e. The molecule has 0 spiro atoms. The van der Waals surface area contributed by atoms with Gasteiger partial charge in [0.25, 0.3) is 5.91 Å². The number of carbonyl (C=O) groups excluding carboxylic acids is 1. The van der Waals surface area contributed by atoms with Gasteiger partial charge in [0.1, 0.15) is 5.01 Å². The monoisotopic (exact) mass is 368 g/mol. The zero-order chi connectivity index (χ0) is 17.2. The van der Waals surface area contributed by atoms with Crippen LogP contribution < -0.4 is 5.32 Å². The summed E-state index contributed by atoms with van der Waals surface area (Å²) in [6.45, 7) is 0.422. The summed E-state index contributed by atoms with van der Waals surface area (Å²) in [6, 6.07) is 9.41. The molecule has 0 unspecified atom stereocenters. The summed E-state index contributed by atoms with van der Waals surface area (Å²) in [5.74, 6) is -0.154. The summed E-state index contributed by atoms with van der Waals surface area (Å²) in [7, 11) is 0. The molecule has 0 radical (unpaired) electrons. The van der Waals surface area contributed by atoms with Gasteiger partial charge in [-0.05, 0) is 18.2 Å². The van der Waals surface area contributed by atoms with Crippen LogP contribution in [0.4, 0.5) is 0 Å². The molecule has 1 aromatic carbocycles. The first-order valence-corrected chi connectivity index (χ1v) is 8.80. The van der Waals surface area contributed by atoms with Crippen LogP contribution in [0, 0.1) is 0 Å². The second-order valence-corrected chi connectivity index (χ2v) is 7.00. The number of amides is 1. The first-order valence-electron chi connectivity index (χ1n) is 7.60. The maximum Gasteiger partial charge on any atom is 0.253 e. The molecule has 3 aromatic heterocycles. The Bertz CT molecular complexity index is 1040. The minimum Gasteiger partial charge on any atom is -0.360 e. The molecular formula is C18H13ClN4OS. The van der Waals surface area contributed by atoms with E-state index in [1.165, 1.54) is 0 Å². The number of halogens is 1. The van der Waals surface area contributed by atoms with Crippen LogP contribution in [0.1, 0.15) is 15.2 Å². The Hall–Kier alpha value is -2.70. The molecule has 2 N–H and O–H groups in total. The van der Waals surface area contributed by atoms with Crippen molar-refractivity contribution in [3.63, 3.8) is 0 Å². The molecule has 1 amide bonds. The molecule has 0 aliphatic rings. The molecule has 0 atom stereocenters. The fraction of sp³-hybridized carbons (Fsp3) is 0.0556. The molecule has 0 saturated heterocycles. The number of thiazole rings is 1. The molecule has 0 saturated carbocycles. The van der Waals surface area contributed by atoms with E-state index in [1.807, 2.05) is 30.3 Å². The van der Waals surface area contributed by atoms with Crippen LogP contribution in [0.15, 0.2) is 55.1 Å². The average Bonchev–Trinajstić information content (AvgIpc) is 3.29. The molecule has 0 bridgehead atoms. The van der Waals surface area contributed by atoms with Crippen molar-refractivity contribution in [2.75, 3.05) is 0 Å². The van der Waals surface area contributed by atoms with Crippen molar-refractivity contribution in [2.24, 2.45) is 0 Å². The lowest BCUT2D eigenvalue weighted by atomic mass is 10.2. The van der Waals surface area contributed by atoms with Crippen LogP contribution in [-0.4, -0.2) is 20.9 Å². The van der Waals surface area contributed by atoms with Crippen molar-refractivity contribution >= 4 is 39.7 Å². The number of aromatic nitrogens is 3.